The van der Waals surface area contributed by atoms with Crippen molar-refractivity contribution >= 4 is 40.6 Å². The van der Waals surface area contributed by atoms with Gasteiger partial charge in [0.25, 0.3) is 0 Å². The number of nitrogens with zero attached hydrogens (tertiary/aromatic N) is 6. The van der Waals surface area contributed by atoms with Gasteiger partial charge in [0.05, 0.1) is 11.4 Å². The third kappa shape index (κ3) is 6.03. The molecule has 7 N–H and O–H groups in total. The Bertz CT molecular complexity index is 933. The first-order valence-corrected chi connectivity index (χ1v) is 9.09. The average Bonchev–Trinajstić information content (AvgIpc) is 2.70. The zero-order chi connectivity index (χ0) is 20.6. The molecule has 0 fully saturated rings. The van der Waals surface area contributed by atoms with Crippen LogP contribution in [-0.4, -0.2) is 35.1 Å². The number of hydrogen-bond acceptors (Lipinski definition) is 10. The monoisotopic (exact) mass is 392 g/mol. The number of nitrogens with one attached hydrogen (secondary N) is 1. The largest absolute Gasteiger partial charge is 0.399 e. The highest BCUT2D eigenvalue weighted by Crippen LogP contribution is 2.22. The summed E-state index contributed by atoms with van der Waals surface area (Å²) in [6.07, 6.45) is 0.876. The van der Waals surface area contributed by atoms with Gasteiger partial charge in [-0.3, -0.25) is 0 Å². The smallest absolute Gasteiger partial charge is 0.229 e. The van der Waals surface area contributed by atoms with Gasteiger partial charge in [-0.2, -0.15) is 25.2 Å². The van der Waals surface area contributed by atoms with Gasteiger partial charge in [0.2, 0.25) is 17.8 Å². The molecule has 1 aromatic heterocycles. The van der Waals surface area contributed by atoms with Gasteiger partial charge >= 0.3 is 0 Å². The minimum Gasteiger partial charge on any atom is -0.399 e. The summed E-state index contributed by atoms with van der Waals surface area (Å²) in [6.45, 7) is 1.52. The predicted molar refractivity (Wildman–Crippen MR) is 117 cm³/mol. The Kier molecular flexibility index (Phi) is 6.36. The molecule has 3 rings (SSSR count). The van der Waals surface area contributed by atoms with Gasteiger partial charge in [-0.15, -0.1) is 0 Å². The molecular formula is C19H24N10. The van der Waals surface area contributed by atoms with Crippen LogP contribution < -0.4 is 27.4 Å². The summed E-state index contributed by atoms with van der Waals surface area (Å²) in [5.74, 6) is 0.588. The third-order valence-corrected chi connectivity index (χ3v) is 4.09. The first-order chi connectivity index (χ1) is 14.0. The molecule has 10 nitrogen and oxygen atoms in total. The summed E-state index contributed by atoms with van der Waals surface area (Å²) in [6, 6.07) is 15.1. The van der Waals surface area contributed by atoms with Gasteiger partial charge < -0.3 is 27.4 Å². The number of nitrogen functional groups attached to an aromatic ring is 3. The zero-order valence-corrected chi connectivity index (χ0v) is 16.2. The Balaban J connectivity index is 1.47. The van der Waals surface area contributed by atoms with E-state index in [1.165, 1.54) is 0 Å². The summed E-state index contributed by atoms with van der Waals surface area (Å²) in [7, 11) is 2.03. The normalized spacial score (nSPS) is 10.9. The molecule has 29 heavy (non-hydrogen) atoms. The topological polar surface area (TPSA) is 157 Å². The van der Waals surface area contributed by atoms with Crippen molar-refractivity contribution < 1.29 is 0 Å². The molecule has 0 amide bonds. The van der Waals surface area contributed by atoms with Crippen LogP contribution in [-0.2, 0) is 0 Å². The van der Waals surface area contributed by atoms with E-state index in [1.807, 2.05) is 43.4 Å². The van der Waals surface area contributed by atoms with Gasteiger partial charge in [0.1, 0.15) is 0 Å². The Morgan fingerprint density at radius 2 is 1.38 bits per heavy atom. The number of azo groups is 1. The summed E-state index contributed by atoms with van der Waals surface area (Å²) >= 11 is 0. The molecule has 0 aliphatic carbocycles. The molecular weight excluding hydrogens is 368 g/mol. The van der Waals surface area contributed by atoms with E-state index < -0.39 is 0 Å². The van der Waals surface area contributed by atoms with Crippen molar-refractivity contribution in [2.45, 2.75) is 6.42 Å². The maximum atomic E-state index is 5.66. The van der Waals surface area contributed by atoms with E-state index in [-0.39, 0.29) is 11.9 Å². The molecule has 150 valence electrons. The number of nitrogens with two attached hydrogens (primary N) is 3. The van der Waals surface area contributed by atoms with Crippen molar-refractivity contribution in [2.24, 2.45) is 10.2 Å². The molecule has 3 aromatic rings. The van der Waals surface area contributed by atoms with Crippen molar-refractivity contribution in [2.75, 3.05) is 47.6 Å². The standard InChI is InChI=1S/C19H24N10/c1-29(12-2-11-23-19-25-17(21)24-18(22)26-19)16-9-7-15(8-10-16)28-27-14-5-3-13(20)4-6-14/h3-10H,2,11-12,20H2,1H3,(H5,21,22,23,24,25,26). The van der Waals surface area contributed by atoms with Crippen LogP contribution in [0.25, 0.3) is 0 Å². The minimum absolute atomic E-state index is 0.103. The maximum Gasteiger partial charge on any atom is 0.229 e. The molecule has 0 aliphatic heterocycles. The van der Waals surface area contributed by atoms with Crippen LogP contribution in [0.15, 0.2) is 58.8 Å². The van der Waals surface area contributed by atoms with Gasteiger partial charge in [-0.25, -0.2) is 0 Å². The lowest BCUT2D eigenvalue weighted by molar-refractivity contribution is 0.810. The van der Waals surface area contributed by atoms with Crippen molar-refractivity contribution in [3.05, 3.63) is 48.5 Å². The van der Waals surface area contributed by atoms with Crippen LogP contribution in [0.4, 0.5) is 40.6 Å². The number of aromatic nitrogens is 3. The maximum absolute atomic E-state index is 5.66. The quantitative estimate of drug-likeness (QED) is 0.259. The van der Waals surface area contributed by atoms with Crippen molar-refractivity contribution in [3.8, 4) is 0 Å². The van der Waals surface area contributed by atoms with Crippen LogP contribution in [0, 0.1) is 0 Å². The van der Waals surface area contributed by atoms with Crippen LogP contribution in [0.2, 0.25) is 0 Å². The lowest BCUT2D eigenvalue weighted by atomic mass is 10.2. The van der Waals surface area contributed by atoms with Crippen molar-refractivity contribution in [3.63, 3.8) is 0 Å². The average molecular weight is 392 g/mol. The molecule has 0 saturated carbocycles. The lowest BCUT2D eigenvalue weighted by Crippen LogP contribution is -2.21. The minimum atomic E-state index is 0.103. The van der Waals surface area contributed by atoms with E-state index in [0.717, 1.165) is 30.0 Å². The fourth-order valence-electron chi connectivity index (χ4n) is 2.56. The Hall–Kier alpha value is -3.95. The van der Waals surface area contributed by atoms with E-state index in [1.54, 1.807) is 12.1 Å². The fourth-order valence-corrected chi connectivity index (χ4v) is 2.56. The number of anilines is 5. The lowest BCUT2D eigenvalue weighted by Gasteiger charge is -2.19. The molecule has 0 unspecified atom stereocenters. The van der Waals surface area contributed by atoms with Crippen LogP contribution in [0.3, 0.4) is 0 Å². The van der Waals surface area contributed by atoms with Crippen LogP contribution in [0.5, 0.6) is 0 Å². The second-order valence-electron chi connectivity index (χ2n) is 6.39. The number of hydrogen-bond donors (Lipinski definition) is 4. The van der Waals surface area contributed by atoms with Crippen LogP contribution in [0.1, 0.15) is 6.42 Å². The summed E-state index contributed by atoms with van der Waals surface area (Å²) < 4.78 is 0. The van der Waals surface area contributed by atoms with Gasteiger partial charge in [0.15, 0.2) is 0 Å². The molecule has 0 spiro atoms. The van der Waals surface area contributed by atoms with Crippen molar-refractivity contribution in [1.29, 1.82) is 0 Å². The highest BCUT2D eigenvalue weighted by Gasteiger charge is 2.03. The molecule has 0 atom stereocenters. The highest BCUT2D eigenvalue weighted by atomic mass is 15.2. The fraction of sp³-hybridized carbons (Fsp3) is 0.211. The predicted octanol–water partition coefficient (Wildman–Crippen LogP) is 2.97. The molecule has 2 aromatic carbocycles. The molecule has 10 heteroatoms. The molecule has 0 radical (unpaired) electrons. The third-order valence-electron chi connectivity index (χ3n) is 4.09. The zero-order valence-electron chi connectivity index (χ0n) is 16.2. The van der Waals surface area contributed by atoms with Gasteiger partial charge in [-0.1, -0.05) is 0 Å². The van der Waals surface area contributed by atoms with Gasteiger partial charge in [0, 0.05) is 31.5 Å². The van der Waals surface area contributed by atoms with E-state index in [0.29, 0.717) is 18.2 Å². The van der Waals surface area contributed by atoms with E-state index in [4.69, 9.17) is 17.2 Å². The first-order valence-electron chi connectivity index (χ1n) is 9.09. The Labute approximate surface area is 168 Å². The van der Waals surface area contributed by atoms with Gasteiger partial charge in [-0.05, 0) is 55.0 Å². The number of benzene rings is 2. The molecule has 0 aliphatic rings. The molecule has 0 saturated heterocycles. The van der Waals surface area contributed by atoms with E-state index in [9.17, 15) is 0 Å². The van der Waals surface area contributed by atoms with E-state index >= 15 is 0 Å². The van der Waals surface area contributed by atoms with Crippen LogP contribution >= 0.6 is 0 Å². The summed E-state index contributed by atoms with van der Waals surface area (Å²) in [5, 5.41) is 11.5. The highest BCUT2D eigenvalue weighted by molar-refractivity contribution is 5.53. The first kappa shape index (κ1) is 19.8. The van der Waals surface area contributed by atoms with Crippen molar-refractivity contribution in [1.82, 2.24) is 15.0 Å². The molecule has 0 bridgehead atoms. The number of rotatable bonds is 8. The molecule has 1 heterocycles. The SMILES string of the molecule is CN(CCCNc1nc(N)nc(N)n1)c1ccc(N=Nc2ccc(N)cc2)cc1. The summed E-state index contributed by atoms with van der Waals surface area (Å²) in [4.78, 5) is 13.9. The second-order valence-corrected chi connectivity index (χ2v) is 6.39. The summed E-state index contributed by atoms with van der Waals surface area (Å²) in [5.41, 5.74) is 20.1. The second kappa shape index (κ2) is 9.31. The van der Waals surface area contributed by atoms with E-state index in [2.05, 4.69) is 35.4 Å². The Morgan fingerprint density at radius 1 is 0.828 bits per heavy atom. The Morgan fingerprint density at radius 3 is 1.97 bits per heavy atom.